The highest BCUT2D eigenvalue weighted by Crippen LogP contribution is 2.67. The molecule has 5 rings (SSSR count). The van der Waals surface area contributed by atoms with Crippen molar-refractivity contribution in [3.05, 3.63) is 11.6 Å². The van der Waals surface area contributed by atoms with Crippen molar-refractivity contribution >= 4 is 0 Å². The Bertz CT molecular complexity index is 647. The minimum atomic E-state index is 0.419. The van der Waals surface area contributed by atoms with E-state index in [1.165, 1.54) is 70.8 Å². The predicted octanol–water partition coefficient (Wildman–Crippen LogP) is 5.92. The smallest absolute Gasteiger partial charge is 0.00957 e. The van der Waals surface area contributed by atoms with Gasteiger partial charge in [-0.2, -0.15) is 0 Å². The molecule has 1 heterocycles. The minimum absolute atomic E-state index is 0.419. The summed E-state index contributed by atoms with van der Waals surface area (Å²) >= 11 is 0. The fourth-order valence-electron chi connectivity index (χ4n) is 9.34. The van der Waals surface area contributed by atoms with Crippen LogP contribution >= 0.6 is 0 Å². The zero-order valence-corrected chi connectivity index (χ0v) is 19.6. The van der Waals surface area contributed by atoms with E-state index < -0.39 is 0 Å². The molecule has 3 saturated carbocycles. The Kier molecular flexibility index (Phi) is 5.22. The first-order valence-corrected chi connectivity index (χ1v) is 13.0. The normalized spacial score (nSPS) is 53.4. The zero-order valence-electron chi connectivity index (χ0n) is 19.6. The summed E-state index contributed by atoms with van der Waals surface area (Å²) in [4.78, 5) is 0. The topological polar surface area (TPSA) is 38.0 Å². The Hall–Kier alpha value is -0.340. The van der Waals surface area contributed by atoms with E-state index in [-0.39, 0.29) is 0 Å². The van der Waals surface area contributed by atoms with Gasteiger partial charge in [0, 0.05) is 12.1 Å². The highest BCUT2D eigenvalue weighted by Gasteiger charge is 2.59. The van der Waals surface area contributed by atoms with Crippen LogP contribution in [0.5, 0.6) is 0 Å². The molecule has 0 unspecified atom stereocenters. The average molecular weight is 399 g/mol. The van der Waals surface area contributed by atoms with E-state index in [1.807, 2.05) is 0 Å². The van der Waals surface area contributed by atoms with Crippen molar-refractivity contribution in [3.63, 3.8) is 0 Å². The van der Waals surface area contributed by atoms with E-state index in [9.17, 15) is 0 Å². The molecule has 0 aromatic carbocycles. The number of fused-ring (bicyclic) bond motifs is 5. The number of nitrogens with one attached hydrogen (secondary N) is 1. The highest BCUT2D eigenvalue weighted by atomic mass is 14.9. The molecule has 5 aliphatic rings. The van der Waals surface area contributed by atoms with Crippen LogP contribution in [-0.2, 0) is 0 Å². The van der Waals surface area contributed by atoms with Gasteiger partial charge in [0.05, 0.1) is 0 Å². The number of hydrogen-bond acceptors (Lipinski definition) is 2. The maximum Gasteiger partial charge on any atom is 0.00957 e. The molecule has 4 fully saturated rings. The monoisotopic (exact) mass is 398 g/mol. The molecule has 4 aliphatic carbocycles. The molecule has 3 N–H and O–H groups in total. The summed E-state index contributed by atoms with van der Waals surface area (Å²) in [7, 11) is 0. The van der Waals surface area contributed by atoms with Gasteiger partial charge in [-0.05, 0) is 117 Å². The second kappa shape index (κ2) is 7.37. The van der Waals surface area contributed by atoms with Crippen molar-refractivity contribution in [2.24, 2.45) is 52.1 Å². The third-order valence-electron chi connectivity index (χ3n) is 11.2. The van der Waals surface area contributed by atoms with Crippen LogP contribution in [0.3, 0.4) is 0 Å². The van der Waals surface area contributed by atoms with Crippen molar-refractivity contribution in [3.8, 4) is 0 Å². The molecule has 1 aliphatic heterocycles. The first kappa shape index (κ1) is 20.6. The SMILES string of the molecule is C[C@H]1CC[C@H]([C@@H](C)[C@H]2CC[C@H]3[C@@H]4CC=C5C[C@@H](N)CC[C@]5(C)[C@H]4CC[C@@]23C)NC1. The molecule has 29 heavy (non-hydrogen) atoms. The maximum absolute atomic E-state index is 6.36. The van der Waals surface area contributed by atoms with E-state index in [0.717, 1.165) is 41.5 Å². The van der Waals surface area contributed by atoms with Crippen molar-refractivity contribution in [2.45, 2.75) is 104 Å². The molecule has 2 nitrogen and oxygen atoms in total. The Morgan fingerprint density at radius 1 is 1.03 bits per heavy atom. The van der Waals surface area contributed by atoms with Crippen LogP contribution in [0.1, 0.15) is 91.9 Å². The van der Waals surface area contributed by atoms with Gasteiger partial charge in [-0.25, -0.2) is 0 Å². The van der Waals surface area contributed by atoms with Crippen LogP contribution in [0.2, 0.25) is 0 Å². The van der Waals surface area contributed by atoms with Gasteiger partial charge >= 0.3 is 0 Å². The molecular formula is C27H46N2. The summed E-state index contributed by atoms with van der Waals surface area (Å²) < 4.78 is 0. The molecule has 1 saturated heterocycles. The van der Waals surface area contributed by atoms with Gasteiger partial charge in [0.25, 0.3) is 0 Å². The number of rotatable bonds is 2. The predicted molar refractivity (Wildman–Crippen MR) is 123 cm³/mol. The fourth-order valence-corrected chi connectivity index (χ4v) is 9.34. The summed E-state index contributed by atoms with van der Waals surface area (Å²) in [6, 6.07) is 1.18. The van der Waals surface area contributed by atoms with Gasteiger partial charge in [0.15, 0.2) is 0 Å². The first-order valence-electron chi connectivity index (χ1n) is 13.0. The van der Waals surface area contributed by atoms with Crippen molar-refractivity contribution in [1.29, 1.82) is 0 Å². The number of nitrogens with two attached hydrogens (primary N) is 1. The second-order valence-corrected chi connectivity index (χ2v) is 12.5. The van der Waals surface area contributed by atoms with Gasteiger partial charge in [-0.3, -0.25) is 0 Å². The first-order chi connectivity index (χ1) is 13.8. The molecule has 0 spiro atoms. The summed E-state index contributed by atoms with van der Waals surface area (Å²) in [6.07, 6.45) is 16.5. The van der Waals surface area contributed by atoms with Gasteiger partial charge in [-0.15, -0.1) is 0 Å². The second-order valence-electron chi connectivity index (χ2n) is 12.5. The van der Waals surface area contributed by atoms with E-state index in [0.29, 0.717) is 16.9 Å². The van der Waals surface area contributed by atoms with Crippen LogP contribution in [0.25, 0.3) is 0 Å². The molecular weight excluding hydrogens is 352 g/mol. The molecule has 0 radical (unpaired) electrons. The standard InChI is InChI=1S/C27H46N2/c1-17-5-10-25(29-16-17)18(2)22-8-9-23-21-7-6-19-15-20(28)11-13-26(19,3)24(21)12-14-27(22,23)4/h6,17-18,20-25,29H,5,7-16,28H2,1-4H3/t17-,18-,20-,21-,22+,23-,24-,25+,26-,27-/m0/s1. The Morgan fingerprint density at radius 3 is 2.62 bits per heavy atom. The van der Waals surface area contributed by atoms with Gasteiger partial charge in [-0.1, -0.05) is 39.3 Å². The minimum Gasteiger partial charge on any atom is -0.327 e. The quantitative estimate of drug-likeness (QED) is 0.567. The van der Waals surface area contributed by atoms with Gasteiger partial charge < -0.3 is 11.1 Å². The van der Waals surface area contributed by atoms with Crippen LogP contribution in [-0.4, -0.2) is 18.6 Å². The Labute approximate surface area is 179 Å². The largest absolute Gasteiger partial charge is 0.327 e. The van der Waals surface area contributed by atoms with Gasteiger partial charge in [0.1, 0.15) is 0 Å². The number of hydrogen-bond donors (Lipinski definition) is 2. The summed E-state index contributed by atoms with van der Waals surface area (Å²) in [6.45, 7) is 11.6. The van der Waals surface area contributed by atoms with Crippen LogP contribution in [0, 0.1) is 46.3 Å². The Morgan fingerprint density at radius 2 is 1.86 bits per heavy atom. The lowest BCUT2D eigenvalue weighted by molar-refractivity contribution is -0.0538. The van der Waals surface area contributed by atoms with E-state index in [4.69, 9.17) is 5.73 Å². The molecule has 0 aromatic rings. The third kappa shape index (κ3) is 3.18. The van der Waals surface area contributed by atoms with E-state index in [2.05, 4.69) is 39.1 Å². The van der Waals surface area contributed by atoms with E-state index in [1.54, 1.807) is 5.57 Å². The van der Waals surface area contributed by atoms with Crippen molar-refractivity contribution < 1.29 is 0 Å². The summed E-state index contributed by atoms with van der Waals surface area (Å²) in [5, 5.41) is 3.94. The summed E-state index contributed by atoms with van der Waals surface area (Å²) in [5.41, 5.74) is 9.14. The lowest BCUT2D eigenvalue weighted by atomic mass is 9.46. The maximum atomic E-state index is 6.36. The number of piperidine rings is 1. The average Bonchev–Trinajstić information content (AvgIpc) is 3.06. The molecule has 0 amide bonds. The lowest BCUT2D eigenvalue weighted by Gasteiger charge is -2.58. The van der Waals surface area contributed by atoms with Crippen molar-refractivity contribution in [1.82, 2.24) is 5.32 Å². The van der Waals surface area contributed by atoms with E-state index >= 15 is 0 Å². The van der Waals surface area contributed by atoms with Crippen LogP contribution in [0.15, 0.2) is 11.6 Å². The number of allylic oxidation sites excluding steroid dienone is 1. The highest BCUT2D eigenvalue weighted by molar-refractivity contribution is 5.25. The lowest BCUT2D eigenvalue weighted by Crippen LogP contribution is -2.52. The molecule has 164 valence electrons. The fraction of sp³-hybridized carbons (Fsp3) is 0.926. The molecule has 0 bridgehead atoms. The van der Waals surface area contributed by atoms with Gasteiger partial charge in [0.2, 0.25) is 0 Å². The molecule has 0 aromatic heterocycles. The van der Waals surface area contributed by atoms with Crippen molar-refractivity contribution in [2.75, 3.05) is 6.54 Å². The van der Waals surface area contributed by atoms with Crippen LogP contribution in [0.4, 0.5) is 0 Å². The summed E-state index contributed by atoms with van der Waals surface area (Å²) in [5.74, 6) is 5.46. The zero-order chi connectivity index (χ0) is 20.4. The Balaban J connectivity index is 1.36. The molecule has 2 heteroatoms. The van der Waals surface area contributed by atoms with Crippen LogP contribution < -0.4 is 11.1 Å². The third-order valence-corrected chi connectivity index (χ3v) is 11.2. The molecule has 10 atom stereocenters.